The molecular weight excluding hydrogens is 338 g/mol. The maximum Gasteiger partial charge on any atom is 0.164 e. The predicted octanol–water partition coefficient (Wildman–Crippen LogP) is 5.43. The Morgan fingerprint density at radius 1 is 0.960 bits per heavy atom. The number of ether oxygens (including phenoxy) is 2. The van der Waals surface area contributed by atoms with Gasteiger partial charge in [-0.25, -0.2) is 9.50 Å². The molecule has 0 aliphatic rings. The lowest BCUT2D eigenvalue weighted by Gasteiger charge is -2.09. The number of halogens is 1. The molecule has 1 aromatic carbocycles. The van der Waals surface area contributed by atoms with Crippen molar-refractivity contribution >= 4 is 17.2 Å². The van der Waals surface area contributed by atoms with E-state index in [4.69, 9.17) is 21.1 Å². The average molecular weight is 364 g/mol. The summed E-state index contributed by atoms with van der Waals surface area (Å²) in [7, 11) is 3.22. The molecule has 5 nitrogen and oxygen atoms in total. The van der Waals surface area contributed by atoms with Crippen molar-refractivity contribution in [1.29, 1.82) is 0 Å². The Balaban J connectivity index is 0.000000730. The summed E-state index contributed by atoms with van der Waals surface area (Å²) in [5.41, 5.74) is 3.39. The van der Waals surface area contributed by atoms with Gasteiger partial charge >= 0.3 is 0 Å². The first-order chi connectivity index (χ1) is 12.1. The molecule has 0 fully saturated rings. The van der Waals surface area contributed by atoms with Crippen LogP contribution in [0.3, 0.4) is 0 Å². The number of aromatic nitrogens is 3. The van der Waals surface area contributed by atoms with Crippen LogP contribution in [0.15, 0.2) is 30.5 Å². The number of rotatable bonds is 3. The zero-order valence-electron chi connectivity index (χ0n) is 15.9. The van der Waals surface area contributed by atoms with Gasteiger partial charge in [0.25, 0.3) is 0 Å². The first-order valence-electron chi connectivity index (χ1n) is 8.37. The van der Waals surface area contributed by atoms with Gasteiger partial charge < -0.3 is 9.47 Å². The molecule has 0 N–H and O–H groups in total. The van der Waals surface area contributed by atoms with E-state index in [-0.39, 0.29) is 0 Å². The third-order valence-electron chi connectivity index (χ3n) is 3.25. The van der Waals surface area contributed by atoms with Crippen molar-refractivity contribution in [3.05, 3.63) is 41.3 Å². The Kier molecular flexibility index (Phi) is 8.22. The van der Waals surface area contributed by atoms with Crippen LogP contribution in [-0.2, 0) is 0 Å². The van der Waals surface area contributed by atoms with Crippen LogP contribution in [0.2, 0.25) is 5.15 Å². The first-order valence-corrected chi connectivity index (χ1v) is 8.75. The van der Waals surface area contributed by atoms with Crippen molar-refractivity contribution < 1.29 is 9.47 Å². The Hall–Kier alpha value is -2.27. The average Bonchev–Trinajstić information content (AvgIpc) is 3.08. The molecule has 3 aromatic rings. The van der Waals surface area contributed by atoms with Crippen LogP contribution in [-0.4, -0.2) is 28.8 Å². The minimum absolute atomic E-state index is 0.532. The molecule has 0 amide bonds. The smallest absolute Gasteiger partial charge is 0.164 e. The van der Waals surface area contributed by atoms with Crippen LogP contribution >= 0.6 is 11.6 Å². The molecule has 2 heterocycles. The molecule has 6 heteroatoms. The number of nitrogens with zero attached hydrogens (tertiary/aromatic N) is 3. The molecule has 136 valence electrons. The highest BCUT2D eigenvalue weighted by atomic mass is 35.5. The number of hydrogen-bond acceptors (Lipinski definition) is 4. The molecule has 2 aromatic heterocycles. The van der Waals surface area contributed by atoms with Crippen molar-refractivity contribution in [3.63, 3.8) is 0 Å². The first kappa shape index (κ1) is 20.8. The Morgan fingerprint density at radius 2 is 1.60 bits per heavy atom. The lowest BCUT2D eigenvalue weighted by Crippen LogP contribution is -1.95. The Morgan fingerprint density at radius 3 is 2.20 bits per heavy atom. The highest BCUT2D eigenvalue weighted by Crippen LogP contribution is 2.34. The number of aryl methyl sites for hydroxylation is 1. The fraction of sp³-hybridized carbons (Fsp3) is 0.368. The van der Waals surface area contributed by atoms with Gasteiger partial charge in [0, 0.05) is 11.3 Å². The second-order valence-corrected chi connectivity index (χ2v) is 4.97. The summed E-state index contributed by atoms with van der Waals surface area (Å²) in [5.74, 6) is 1.34. The molecule has 0 saturated heterocycles. The summed E-state index contributed by atoms with van der Waals surface area (Å²) in [4.78, 5) is 4.51. The van der Waals surface area contributed by atoms with Gasteiger partial charge in [0.15, 0.2) is 17.1 Å². The van der Waals surface area contributed by atoms with E-state index in [0.29, 0.717) is 22.3 Å². The van der Waals surface area contributed by atoms with E-state index in [1.165, 1.54) is 0 Å². The van der Waals surface area contributed by atoms with E-state index in [0.717, 1.165) is 16.8 Å². The monoisotopic (exact) mass is 363 g/mol. The Labute approximate surface area is 154 Å². The lowest BCUT2D eigenvalue weighted by atomic mass is 10.1. The quantitative estimate of drug-likeness (QED) is 0.582. The number of fused-ring (bicyclic) bond motifs is 1. The minimum Gasteiger partial charge on any atom is -0.493 e. The molecule has 0 bridgehead atoms. The summed E-state index contributed by atoms with van der Waals surface area (Å²) >= 11 is 6.19. The fourth-order valence-corrected chi connectivity index (χ4v) is 2.53. The zero-order valence-corrected chi connectivity index (χ0v) is 16.7. The summed E-state index contributed by atoms with van der Waals surface area (Å²) in [6, 6.07) is 7.47. The molecule has 0 spiro atoms. The van der Waals surface area contributed by atoms with E-state index in [2.05, 4.69) is 10.1 Å². The highest BCUT2D eigenvalue weighted by molar-refractivity contribution is 6.29. The van der Waals surface area contributed by atoms with E-state index in [1.54, 1.807) is 31.0 Å². The maximum atomic E-state index is 6.19. The van der Waals surface area contributed by atoms with Crippen molar-refractivity contribution in [2.24, 2.45) is 0 Å². The van der Waals surface area contributed by atoms with Gasteiger partial charge in [0.2, 0.25) is 0 Å². The number of benzene rings is 1. The molecule has 0 aliphatic carbocycles. The maximum absolute atomic E-state index is 6.19. The van der Waals surface area contributed by atoms with E-state index in [1.807, 2.05) is 52.8 Å². The van der Waals surface area contributed by atoms with Crippen molar-refractivity contribution in [3.8, 4) is 22.6 Å². The van der Waals surface area contributed by atoms with E-state index < -0.39 is 0 Å². The molecule has 0 radical (unpaired) electrons. The van der Waals surface area contributed by atoms with Crippen LogP contribution in [0.1, 0.15) is 33.4 Å². The van der Waals surface area contributed by atoms with E-state index in [9.17, 15) is 0 Å². The summed E-state index contributed by atoms with van der Waals surface area (Å²) in [6.07, 6.45) is 1.74. The Bertz CT molecular complexity index is 816. The van der Waals surface area contributed by atoms with Gasteiger partial charge in [-0.3, -0.25) is 0 Å². The molecule has 0 atom stereocenters. The van der Waals surface area contributed by atoms with Gasteiger partial charge in [-0.15, -0.1) is 0 Å². The van der Waals surface area contributed by atoms with Crippen LogP contribution in [0.25, 0.3) is 16.8 Å². The molecule has 0 aliphatic heterocycles. The minimum atomic E-state index is 0.532. The van der Waals surface area contributed by atoms with Crippen LogP contribution < -0.4 is 9.47 Å². The fourth-order valence-electron chi connectivity index (χ4n) is 2.25. The van der Waals surface area contributed by atoms with Gasteiger partial charge in [-0.05, 0) is 30.7 Å². The third kappa shape index (κ3) is 4.42. The molecule has 3 rings (SSSR count). The van der Waals surface area contributed by atoms with Gasteiger partial charge in [-0.2, -0.15) is 5.10 Å². The predicted molar refractivity (Wildman–Crippen MR) is 104 cm³/mol. The largest absolute Gasteiger partial charge is 0.493 e. The van der Waals surface area contributed by atoms with Gasteiger partial charge in [0.1, 0.15) is 5.15 Å². The zero-order chi connectivity index (χ0) is 19.0. The van der Waals surface area contributed by atoms with E-state index >= 15 is 0 Å². The number of hydrogen-bond donors (Lipinski definition) is 0. The normalized spacial score (nSPS) is 9.60. The van der Waals surface area contributed by atoms with Crippen molar-refractivity contribution in [1.82, 2.24) is 14.6 Å². The third-order valence-corrected chi connectivity index (χ3v) is 3.52. The molecule has 0 unspecified atom stereocenters. The van der Waals surface area contributed by atoms with Gasteiger partial charge in [0.05, 0.1) is 20.4 Å². The van der Waals surface area contributed by atoms with Crippen molar-refractivity contribution in [2.75, 3.05) is 14.2 Å². The van der Waals surface area contributed by atoms with Crippen molar-refractivity contribution in [2.45, 2.75) is 34.6 Å². The summed E-state index contributed by atoms with van der Waals surface area (Å²) < 4.78 is 12.2. The van der Waals surface area contributed by atoms with Crippen LogP contribution in [0.4, 0.5) is 0 Å². The summed E-state index contributed by atoms with van der Waals surface area (Å²) in [6.45, 7) is 9.90. The topological polar surface area (TPSA) is 48.7 Å². The molecular formula is C19H26ClN3O2. The number of methoxy groups -OCH3 is 2. The SMILES string of the molecule is CC.CC.COc1ccc(-c2cnn3c(Cl)cc(C)nc23)cc1OC. The second-order valence-electron chi connectivity index (χ2n) is 4.58. The lowest BCUT2D eigenvalue weighted by molar-refractivity contribution is 0.355. The van der Waals surface area contributed by atoms with Gasteiger partial charge in [-0.1, -0.05) is 45.4 Å². The molecule has 0 saturated carbocycles. The van der Waals surface area contributed by atoms with Crippen LogP contribution in [0.5, 0.6) is 11.5 Å². The molecule has 25 heavy (non-hydrogen) atoms. The standard InChI is InChI=1S/C15H14ClN3O2.2C2H6/c1-9-6-14(16)19-15(18-9)11(8-17-19)10-4-5-12(20-2)13(7-10)21-3;2*1-2/h4-8H,1-3H3;2*1-2H3. The second kappa shape index (κ2) is 9.89. The highest BCUT2D eigenvalue weighted by Gasteiger charge is 2.13. The summed E-state index contributed by atoms with van der Waals surface area (Å²) in [5, 5.41) is 4.82. The van der Waals surface area contributed by atoms with Crippen LogP contribution in [0, 0.1) is 6.92 Å².